The van der Waals surface area contributed by atoms with Crippen molar-refractivity contribution in [2.75, 3.05) is 0 Å². The van der Waals surface area contributed by atoms with E-state index in [1.807, 2.05) is 0 Å². The Morgan fingerprint density at radius 2 is 2.36 bits per heavy atom. The fourth-order valence-corrected chi connectivity index (χ4v) is 1.20. The molecule has 1 amide bonds. The molecule has 11 heavy (non-hydrogen) atoms. The van der Waals surface area contributed by atoms with Crippen molar-refractivity contribution >= 4 is 5.91 Å². The summed E-state index contributed by atoms with van der Waals surface area (Å²) in [5.74, 6) is 0.927. The van der Waals surface area contributed by atoms with Crippen molar-refractivity contribution < 1.29 is 4.79 Å². The first-order valence-electron chi connectivity index (χ1n) is 4.11. The number of rotatable bonds is 4. The largest absolute Gasteiger partial charge is 0.305 e. The van der Waals surface area contributed by atoms with Crippen molar-refractivity contribution in [3.8, 4) is 0 Å². The molecule has 0 radical (unpaired) electrons. The second kappa shape index (κ2) is 3.07. The molecule has 1 heterocycles. The Kier molecular flexibility index (Phi) is 2.32. The third kappa shape index (κ3) is 1.82. The van der Waals surface area contributed by atoms with E-state index >= 15 is 0 Å². The van der Waals surface area contributed by atoms with Crippen LogP contribution < -0.4 is 0 Å². The van der Waals surface area contributed by atoms with E-state index in [9.17, 15) is 4.79 Å². The van der Waals surface area contributed by atoms with Crippen LogP contribution >= 0.6 is 0 Å². The van der Waals surface area contributed by atoms with Crippen molar-refractivity contribution in [3.63, 3.8) is 0 Å². The van der Waals surface area contributed by atoms with Crippen LogP contribution in [0.4, 0.5) is 0 Å². The summed E-state index contributed by atoms with van der Waals surface area (Å²) in [6.07, 6.45) is 3.73. The summed E-state index contributed by atoms with van der Waals surface area (Å²) in [6, 6.07) is 0.162. The molecule has 1 aliphatic rings. The molecule has 2 heteroatoms. The van der Waals surface area contributed by atoms with Crippen molar-refractivity contribution in [1.82, 2.24) is 4.90 Å². The number of amides is 1. The van der Waals surface area contributed by atoms with Crippen LogP contribution in [0, 0.1) is 5.92 Å². The van der Waals surface area contributed by atoms with Gasteiger partial charge in [0.15, 0.2) is 0 Å². The minimum absolute atomic E-state index is 0.162. The highest BCUT2D eigenvalue weighted by Crippen LogP contribution is 2.25. The van der Waals surface area contributed by atoms with Crippen LogP contribution in [0.3, 0.4) is 0 Å². The van der Waals surface area contributed by atoms with Crippen LogP contribution in [0.2, 0.25) is 0 Å². The van der Waals surface area contributed by atoms with Crippen LogP contribution in [0.5, 0.6) is 0 Å². The first kappa shape index (κ1) is 8.31. The van der Waals surface area contributed by atoms with E-state index in [4.69, 9.17) is 0 Å². The highest BCUT2D eigenvalue weighted by atomic mass is 16.2. The summed E-state index contributed by atoms with van der Waals surface area (Å²) < 4.78 is 0. The summed E-state index contributed by atoms with van der Waals surface area (Å²) >= 11 is 0. The van der Waals surface area contributed by atoms with Gasteiger partial charge in [-0.3, -0.25) is 4.79 Å². The average Bonchev–Trinajstić information content (AvgIpc) is 2.56. The van der Waals surface area contributed by atoms with Crippen molar-refractivity contribution in [3.05, 3.63) is 12.8 Å². The molecule has 1 aliphatic heterocycles. The predicted molar refractivity (Wildman–Crippen MR) is 44.9 cm³/mol. The zero-order chi connectivity index (χ0) is 8.43. The minimum atomic E-state index is 0.162. The third-order valence-corrected chi connectivity index (χ3v) is 2.02. The van der Waals surface area contributed by atoms with Gasteiger partial charge in [0.2, 0.25) is 5.91 Å². The summed E-state index contributed by atoms with van der Waals surface area (Å²) in [7, 11) is 0. The van der Waals surface area contributed by atoms with Gasteiger partial charge in [-0.1, -0.05) is 20.4 Å². The Hall–Kier alpha value is -0.790. The molecule has 0 aliphatic carbocycles. The van der Waals surface area contributed by atoms with E-state index in [1.54, 1.807) is 11.1 Å². The number of carbonyl (C=O) groups is 1. The van der Waals surface area contributed by atoms with Gasteiger partial charge in [-0.05, 0) is 18.8 Å². The fourth-order valence-electron chi connectivity index (χ4n) is 1.20. The van der Waals surface area contributed by atoms with Gasteiger partial charge < -0.3 is 4.90 Å². The number of carbonyl (C=O) groups excluding carboxylic acids is 1. The van der Waals surface area contributed by atoms with E-state index in [1.165, 1.54) is 0 Å². The van der Waals surface area contributed by atoms with E-state index < -0.39 is 0 Å². The lowest BCUT2D eigenvalue weighted by Crippen LogP contribution is -1.96. The highest BCUT2D eigenvalue weighted by Gasteiger charge is 2.42. The highest BCUT2D eigenvalue weighted by molar-refractivity contribution is 5.97. The van der Waals surface area contributed by atoms with Gasteiger partial charge >= 0.3 is 0 Å². The molecule has 1 rings (SSSR count). The normalized spacial score (nSPS) is 22.6. The molecule has 0 spiro atoms. The molecule has 0 aromatic rings. The third-order valence-electron chi connectivity index (χ3n) is 2.02. The van der Waals surface area contributed by atoms with E-state index in [-0.39, 0.29) is 11.9 Å². The smallest absolute Gasteiger partial charge is 0.250 e. The Labute approximate surface area is 67.9 Å². The van der Waals surface area contributed by atoms with Crippen LogP contribution in [0.25, 0.3) is 0 Å². The lowest BCUT2D eigenvalue weighted by molar-refractivity contribution is -0.113. The molecule has 0 N–H and O–H groups in total. The standard InChI is InChI=1S/C9H15NO/c1-4-10-8(9(10)11)6-5-7(2)3/h4,7-8H,1,5-6H2,2-3H3. The molecule has 1 unspecified atom stereocenters. The van der Waals surface area contributed by atoms with Crippen LogP contribution in [-0.2, 0) is 4.79 Å². The van der Waals surface area contributed by atoms with Gasteiger partial charge in [0, 0.05) is 6.20 Å². The Morgan fingerprint density at radius 3 is 2.73 bits per heavy atom. The molecule has 1 saturated heterocycles. The summed E-state index contributed by atoms with van der Waals surface area (Å²) in [5.41, 5.74) is 0. The molecular weight excluding hydrogens is 138 g/mol. The molecule has 62 valence electrons. The summed E-state index contributed by atoms with van der Waals surface area (Å²) in [6.45, 7) is 7.90. The lowest BCUT2D eigenvalue weighted by atomic mass is 10.1. The van der Waals surface area contributed by atoms with Crippen molar-refractivity contribution in [2.45, 2.75) is 32.7 Å². The summed E-state index contributed by atoms with van der Waals surface area (Å²) in [5, 5.41) is 0. The maximum atomic E-state index is 10.9. The quantitative estimate of drug-likeness (QED) is 0.564. The topological polar surface area (TPSA) is 20.1 Å². The average molecular weight is 153 g/mol. The van der Waals surface area contributed by atoms with Crippen LogP contribution in [0.15, 0.2) is 12.8 Å². The molecule has 0 bridgehead atoms. The molecule has 0 aromatic heterocycles. The van der Waals surface area contributed by atoms with E-state index in [0.717, 1.165) is 12.8 Å². The zero-order valence-electron chi connectivity index (χ0n) is 7.21. The van der Waals surface area contributed by atoms with Gasteiger partial charge in [0.1, 0.15) is 6.04 Å². The van der Waals surface area contributed by atoms with Gasteiger partial charge in [-0.25, -0.2) is 0 Å². The Morgan fingerprint density at radius 1 is 1.73 bits per heavy atom. The number of hydrogen-bond donors (Lipinski definition) is 0. The fraction of sp³-hybridized carbons (Fsp3) is 0.667. The lowest BCUT2D eigenvalue weighted by Gasteiger charge is -2.00. The minimum Gasteiger partial charge on any atom is -0.305 e. The van der Waals surface area contributed by atoms with Crippen LogP contribution in [0.1, 0.15) is 26.7 Å². The first-order chi connectivity index (χ1) is 5.16. The van der Waals surface area contributed by atoms with E-state index in [2.05, 4.69) is 20.4 Å². The Bertz CT molecular complexity index is 174. The number of hydrogen-bond acceptors (Lipinski definition) is 1. The molecule has 0 aromatic carbocycles. The van der Waals surface area contributed by atoms with E-state index in [0.29, 0.717) is 5.92 Å². The molecule has 1 fully saturated rings. The zero-order valence-corrected chi connectivity index (χ0v) is 7.21. The van der Waals surface area contributed by atoms with Crippen molar-refractivity contribution in [2.24, 2.45) is 5.92 Å². The van der Waals surface area contributed by atoms with Gasteiger partial charge in [0.05, 0.1) is 0 Å². The second-order valence-electron chi connectivity index (χ2n) is 3.42. The molecular formula is C9H15NO. The monoisotopic (exact) mass is 153 g/mol. The maximum absolute atomic E-state index is 10.9. The van der Waals surface area contributed by atoms with Gasteiger partial charge in [0.25, 0.3) is 0 Å². The van der Waals surface area contributed by atoms with Crippen LogP contribution in [-0.4, -0.2) is 16.8 Å². The summed E-state index contributed by atoms with van der Waals surface area (Å²) in [4.78, 5) is 12.6. The van der Waals surface area contributed by atoms with Crippen molar-refractivity contribution in [1.29, 1.82) is 0 Å². The predicted octanol–water partition coefficient (Wildman–Crippen LogP) is 1.78. The number of nitrogens with zero attached hydrogens (tertiary/aromatic N) is 1. The molecule has 2 nitrogen and oxygen atoms in total. The maximum Gasteiger partial charge on any atom is 0.250 e. The molecule has 1 atom stereocenters. The Balaban J connectivity index is 2.21. The second-order valence-corrected chi connectivity index (χ2v) is 3.42. The van der Waals surface area contributed by atoms with Gasteiger partial charge in [-0.2, -0.15) is 0 Å². The SMILES string of the molecule is C=CN1C(=O)C1CCC(C)C. The van der Waals surface area contributed by atoms with Gasteiger partial charge in [-0.15, -0.1) is 0 Å². The molecule has 0 saturated carbocycles. The first-order valence-corrected chi connectivity index (χ1v) is 4.11.